The van der Waals surface area contributed by atoms with E-state index in [2.05, 4.69) is 10.6 Å². The lowest BCUT2D eigenvalue weighted by atomic mass is 10.1. The van der Waals surface area contributed by atoms with Gasteiger partial charge in [-0.15, -0.1) is 0 Å². The Bertz CT molecular complexity index is 646. The summed E-state index contributed by atoms with van der Waals surface area (Å²) in [5, 5.41) is 4.59. The third-order valence-electron chi connectivity index (χ3n) is 3.94. The third kappa shape index (κ3) is 6.48. The number of hydrogen-bond donors (Lipinski definition) is 2. The maximum atomic E-state index is 13.0. The molecule has 2 rings (SSSR count). The first-order valence-corrected chi connectivity index (χ1v) is 8.11. The summed E-state index contributed by atoms with van der Waals surface area (Å²) in [4.78, 5) is 34.8. The van der Waals surface area contributed by atoms with E-state index in [9.17, 15) is 23.2 Å². The number of carbonyl (C=O) groups is 3. The zero-order valence-electron chi connectivity index (χ0n) is 13.6. The number of hydrogen-bond acceptors (Lipinski definition) is 4. The first-order valence-electron chi connectivity index (χ1n) is 8.11. The SMILES string of the molecule is O=C(COC(=O)CC1CCCC1)NCC(=O)Nc1ccc(F)c(F)c1. The second-order valence-electron chi connectivity index (χ2n) is 5.97. The molecule has 0 radical (unpaired) electrons. The van der Waals surface area contributed by atoms with Crippen molar-refractivity contribution in [2.24, 2.45) is 5.92 Å². The first kappa shape index (κ1) is 18.8. The van der Waals surface area contributed by atoms with Gasteiger partial charge in [0.05, 0.1) is 6.54 Å². The Morgan fingerprint density at radius 3 is 2.48 bits per heavy atom. The molecular formula is C17H20F2N2O4. The van der Waals surface area contributed by atoms with Crippen molar-refractivity contribution in [3.05, 3.63) is 29.8 Å². The molecule has 25 heavy (non-hydrogen) atoms. The lowest BCUT2D eigenvalue weighted by molar-refractivity contribution is -0.149. The molecule has 2 N–H and O–H groups in total. The van der Waals surface area contributed by atoms with E-state index < -0.39 is 36.0 Å². The van der Waals surface area contributed by atoms with Crippen LogP contribution in [0.2, 0.25) is 0 Å². The molecule has 0 saturated heterocycles. The van der Waals surface area contributed by atoms with Crippen molar-refractivity contribution < 1.29 is 27.9 Å². The molecule has 0 spiro atoms. The van der Waals surface area contributed by atoms with Gasteiger partial charge in [-0.3, -0.25) is 14.4 Å². The number of nitrogens with one attached hydrogen (secondary N) is 2. The van der Waals surface area contributed by atoms with Crippen molar-refractivity contribution in [3.8, 4) is 0 Å². The van der Waals surface area contributed by atoms with Crippen molar-refractivity contribution >= 4 is 23.5 Å². The van der Waals surface area contributed by atoms with Gasteiger partial charge in [-0.1, -0.05) is 12.8 Å². The molecule has 0 unspecified atom stereocenters. The standard InChI is InChI=1S/C17H20F2N2O4/c18-13-6-5-12(8-14(13)19)21-15(22)9-20-16(23)10-25-17(24)7-11-3-1-2-4-11/h5-6,8,11H,1-4,7,9-10H2,(H,20,23)(H,21,22). The van der Waals surface area contributed by atoms with E-state index in [-0.39, 0.29) is 12.2 Å². The van der Waals surface area contributed by atoms with E-state index in [0.29, 0.717) is 12.3 Å². The lowest BCUT2D eigenvalue weighted by Crippen LogP contribution is -2.35. The average Bonchev–Trinajstić information content (AvgIpc) is 3.07. The molecule has 1 aromatic carbocycles. The molecule has 1 aromatic rings. The molecule has 2 amide bonds. The van der Waals surface area contributed by atoms with Crippen LogP contribution in [0.5, 0.6) is 0 Å². The number of amides is 2. The van der Waals surface area contributed by atoms with E-state index in [1.165, 1.54) is 6.07 Å². The van der Waals surface area contributed by atoms with Crippen LogP contribution in [0.4, 0.5) is 14.5 Å². The van der Waals surface area contributed by atoms with E-state index in [0.717, 1.165) is 37.8 Å². The van der Waals surface area contributed by atoms with Crippen molar-refractivity contribution in [1.29, 1.82) is 0 Å². The molecule has 0 heterocycles. The predicted molar refractivity (Wildman–Crippen MR) is 85.5 cm³/mol. The molecule has 0 aliphatic heterocycles. The number of carbonyl (C=O) groups excluding carboxylic acids is 3. The smallest absolute Gasteiger partial charge is 0.306 e. The van der Waals surface area contributed by atoms with Crippen molar-refractivity contribution in [1.82, 2.24) is 5.32 Å². The van der Waals surface area contributed by atoms with Crippen LogP contribution < -0.4 is 10.6 Å². The normalized spacial score (nSPS) is 14.2. The summed E-state index contributed by atoms with van der Waals surface area (Å²) < 4.78 is 30.7. The van der Waals surface area contributed by atoms with Crippen LogP contribution in [0.1, 0.15) is 32.1 Å². The summed E-state index contributed by atoms with van der Waals surface area (Å²) in [6.45, 7) is -0.831. The van der Waals surface area contributed by atoms with Crippen LogP contribution in [-0.2, 0) is 19.1 Å². The van der Waals surface area contributed by atoms with E-state index in [4.69, 9.17) is 4.74 Å². The summed E-state index contributed by atoms with van der Waals surface area (Å²) >= 11 is 0. The predicted octanol–water partition coefficient (Wildman–Crippen LogP) is 2.14. The monoisotopic (exact) mass is 354 g/mol. The van der Waals surface area contributed by atoms with Gasteiger partial charge in [0.2, 0.25) is 5.91 Å². The largest absolute Gasteiger partial charge is 0.456 e. The molecule has 1 fully saturated rings. The van der Waals surface area contributed by atoms with Gasteiger partial charge in [0.25, 0.3) is 5.91 Å². The number of anilines is 1. The molecule has 6 nitrogen and oxygen atoms in total. The second-order valence-corrected chi connectivity index (χ2v) is 5.97. The van der Waals surface area contributed by atoms with E-state index in [1.807, 2.05) is 0 Å². The Labute approximate surface area is 143 Å². The summed E-state index contributed by atoms with van der Waals surface area (Å²) in [5.41, 5.74) is 0.0705. The molecule has 8 heteroatoms. The number of benzene rings is 1. The van der Waals surface area contributed by atoms with Gasteiger partial charge in [-0.25, -0.2) is 8.78 Å². The molecule has 0 aromatic heterocycles. The highest BCUT2D eigenvalue weighted by atomic mass is 19.2. The Morgan fingerprint density at radius 1 is 1.08 bits per heavy atom. The zero-order valence-corrected chi connectivity index (χ0v) is 13.6. The van der Waals surface area contributed by atoms with E-state index >= 15 is 0 Å². The van der Waals surface area contributed by atoms with Crippen molar-refractivity contribution in [3.63, 3.8) is 0 Å². The van der Waals surface area contributed by atoms with Crippen LogP contribution in [0.15, 0.2) is 18.2 Å². The molecule has 0 atom stereocenters. The van der Waals surface area contributed by atoms with Crippen LogP contribution in [0, 0.1) is 17.6 Å². The first-order chi connectivity index (χ1) is 11.9. The summed E-state index contributed by atoms with van der Waals surface area (Å²) in [6, 6.07) is 2.91. The van der Waals surface area contributed by atoms with Crippen molar-refractivity contribution in [2.45, 2.75) is 32.1 Å². The summed E-state index contributed by atoms with van der Waals surface area (Å²) in [5.74, 6) is -3.43. The molecule has 0 bridgehead atoms. The molecule has 1 saturated carbocycles. The van der Waals surface area contributed by atoms with Gasteiger partial charge in [0.1, 0.15) is 0 Å². The Morgan fingerprint density at radius 2 is 1.80 bits per heavy atom. The summed E-state index contributed by atoms with van der Waals surface area (Å²) in [6.07, 6.45) is 4.55. The molecular weight excluding hydrogens is 334 g/mol. The fourth-order valence-corrected chi connectivity index (χ4v) is 2.66. The van der Waals surface area contributed by atoms with Gasteiger partial charge < -0.3 is 15.4 Å². The average molecular weight is 354 g/mol. The molecule has 136 valence electrons. The quantitative estimate of drug-likeness (QED) is 0.735. The topological polar surface area (TPSA) is 84.5 Å². The minimum atomic E-state index is -1.09. The third-order valence-corrected chi connectivity index (χ3v) is 3.94. The highest BCUT2D eigenvalue weighted by Gasteiger charge is 2.19. The summed E-state index contributed by atoms with van der Waals surface area (Å²) in [7, 11) is 0. The Balaban J connectivity index is 1.64. The second kappa shape index (κ2) is 9.10. The number of rotatable bonds is 7. The van der Waals surface area contributed by atoms with Gasteiger partial charge in [0.15, 0.2) is 18.2 Å². The van der Waals surface area contributed by atoms with Crippen LogP contribution in [0.25, 0.3) is 0 Å². The molecule has 1 aliphatic carbocycles. The maximum absolute atomic E-state index is 13.0. The molecule has 1 aliphatic rings. The van der Waals surface area contributed by atoms with Crippen molar-refractivity contribution in [2.75, 3.05) is 18.5 Å². The number of esters is 1. The zero-order chi connectivity index (χ0) is 18.2. The lowest BCUT2D eigenvalue weighted by Gasteiger charge is -2.10. The minimum Gasteiger partial charge on any atom is -0.456 e. The van der Waals surface area contributed by atoms with Gasteiger partial charge >= 0.3 is 5.97 Å². The highest BCUT2D eigenvalue weighted by molar-refractivity contribution is 5.94. The van der Waals surface area contributed by atoms with Gasteiger partial charge in [0, 0.05) is 18.2 Å². The number of ether oxygens (including phenoxy) is 1. The Hall–Kier alpha value is -2.51. The van der Waals surface area contributed by atoms with Gasteiger partial charge in [-0.2, -0.15) is 0 Å². The minimum absolute atomic E-state index is 0.0705. The fraction of sp³-hybridized carbons (Fsp3) is 0.471. The van der Waals surface area contributed by atoms with Crippen LogP contribution in [0.3, 0.4) is 0 Å². The number of halogens is 2. The Kier molecular flexibility index (Phi) is 6.85. The maximum Gasteiger partial charge on any atom is 0.306 e. The van der Waals surface area contributed by atoms with Crippen LogP contribution >= 0.6 is 0 Å². The van der Waals surface area contributed by atoms with Gasteiger partial charge in [-0.05, 0) is 30.9 Å². The van der Waals surface area contributed by atoms with Crippen LogP contribution in [-0.4, -0.2) is 30.9 Å². The highest BCUT2D eigenvalue weighted by Crippen LogP contribution is 2.27. The van der Waals surface area contributed by atoms with E-state index in [1.54, 1.807) is 0 Å². The fourth-order valence-electron chi connectivity index (χ4n) is 2.66.